The summed E-state index contributed by atoms with van der Waals surface area (Å²) in [5, 5.41) is 0. The van der Waals surface area contributed by atoms with Gasteiger partial charge in [0.15, 0.2) is 0 Å². The summed E-state index contributed by atoms with van der Waals surface area (Å²) in [6.45, 7) is 0. The van der Waals surface area contributed by atoms with E-state index in [9.17, 15) is 0 Å². The third-order valence-corrected chi connectivity index (χ3v) is 19.9. The maximum absolute atomic E-state index is 2.61. The summed E-state index contributed by atoms with van der Waals surface area (Å²) in [7, 11) is 0. The van der Waals surface area contributed by atoms with Crippen molar-refractivity contribution >= 4 is 17.1 Å². The van der Waals surface area contributed by atoms with Gasteiger partial charge in [-0.05, 0) is 207 Å². The Hall–Kier alpha value is -8.00. The Morgan fingerprint density at radius 1 is 0.325 bits per heavy atom. The lowest BCUT2D eigenvalue weighted by Gasteiger charge is -2.59. The van der Waals surface area contributed by atoms with E-state index in [4.69, 9.17) is 0 Å². The van der Waals surface area contributed by atoms with Crippen molar-refractivity contribution in [3.8, 4) is 55.6 Å². The predicted octanol–water partition coefficient (Wildman–Crippen LogP) is 20.4. The zero-order valence-electron chi connectivity index (χ0n) is 44.0. The van der Waals surface area contributed by atoms with Gasteiger partial charge in [-0.2, -0.15) is 0 Å². The molecule has 0 amide bonds. The summed E-state index contributed by atoms with van der Waals surface area (Å²) >= 11 is 0. The second kappa shape index (κ2) is 18.9. The van der Waals surface area contributed by atoms with Crippen molar-refractivity contribution in [2.45, 2.75) is 92.8 Å². The molecule has 0 aromatic heterocycles. The van der Waals surface area contributed by atoms with Gasteiger partial charge < -0.3 is 4.90 Å². The highest BCUT2D eigenvalue weighted by Crippen LogP contribution is 2.67. The van der Waals surface area contributed by atoms with Crippen molar-refractivity contribution in [3.63, 3.8) is 0 Å². The van der Waals surface area contributed by atoms with Crippen LogP contribution >= 0.6 is 0 Å². The maximum atomic E-state index is 2.61. The van der Waals surface area contributed by atoms with Crippen molar-refractivity contribution in [2.75, 3.05) is 4.90 Å². The Kier molecular flexibility index (Phi) is 11.4. The Balaban J connectivity index is 0.947. The second-order valence-electron chi connectivity index (χ2n) is 23.4. The molecule has 2 saturated carbocycles. The van der Waals surface area contributed by atoms with Crippen LogP contribution < -0.4 is 4.90 Å². The zero-order chi connectivity index (χ0) is 50.9. The van der Waals surface area contributed by atoms with Gasteiger partial charge >= 0.3 is 0 Å². The minimum Gasteiger partial charge on any atom is -0.310 e. The number of fused-ring (bicyclic) bond motifs is 16. The molecule has 1 nitrogen and oxygen atoms in total. The molecule has 1 heteroatoms. The molecule has 2 spiro atoms. The van der Waals surface area contributed by atoms with Crippen molar-refractivity contribution in [2.24, 2.45) is 5.92 Å². The highest BCUT2D eigenvalue weighted by molar-refractivity contribution is 5.90. The molecule has 2 fully saturated rings. The van der Waals surface area contributed by atoms with E-state index < -0.39 is 0 Å². The molecule has 6 bridgehead atoms. The summed E-state index contributed by atoms with van der Waals surface area (Å²) in [5.41, 5.74) is 26.5. The van der Waals surface area contributed by atoms with Crippen LogP contribution in [0.5, 0.6) is 0 Å². The number of aryl methyl sites for hydroxylation is 1. The summed E-state index contributed by atoms with van der Waals surface area (Å²) in [5.74, 6) is 1.78. The number of hydrogen-bond acceptors (Lipinski definition) is 1. The molecular formula is C76H65N. The van der Waals surface area contributed by atoms with Gasteiger partial charge in [-0.25, -0.2) is 0 Å². The van der Waals surface area contributed by atoms with Crippen molar-refractivity contribution in [1.29, 1.82) is 0 Å². The summed E-state index contributed by atoms with van der Waals surface area (Å²) in [4.78, 5) is 2.53. The molecule has 6 atom stereocenters. The fourth-order valence-electron chi connectivity index (χ4n) is 16.5. The minimum atomic E-state index is -0.0420. The fraction of sp³-hybridized carbons (Fsp3) is 0.211. The number of benzene rings is 10. The monoisotopic (exact) mass is 992 g/mol. The van der Waals surface area contributed by atoms with Gasteiger partial charge in [0.2, 0.25) is 0 Å². The van der Waals surface area contributed by atoms with E-state index in [0.29, 0.717) is 23.7 Å². The van der Waals surface area contributed by atoms with Crippen molar-refractivity contribution < 1.29 is 0 Å². The highest BCUT2D eigenvalue weighted by atomic mass is 15.1. The summed E-state index contributed by atoms with van der Waals surface area (Å²) < 4.78 is 0. The molecule has 5 aliphatic carbocycles. The molecule has 10 aromatic rings. The number of rotatable bonds is 5. The molecule has 0 heterocycles. The average molecular weight is 992 g/mol. The minimum absolute atomic E-state index is 0.0398. The van der Waals surface area contributed by atoms with Gasteiger partial charge in [-0.15, -0.1) is 0 Å². The van der Waals surface area contributed by atoms with Crippen molar-refractivity contribution in [3.05, 3.63) is 282 Å². The lowest BCUT2D eigenvalue weighted by Crippen LogP contribution is -2.53. The zero-order valence-corrected chi connectivity index (χ0v) is 44.0. The Bertz CT molecular complexity index is 3810. The lowest BCUT2D eigenvalue weighted by atomic mass is 9.44. The summed E-state index contributed by atoms with van der Waals surface area (Å²) in [6, 6.07) is 96.0. The molecule has 6 unspecified atom stereocenters. The van der Waals surface area contributed by atoms with E-state index in [1.165, 1.54) is 118 Å². The third kappa shape index (κ3) is 7.63. The van der Waals surface area contributed by atoms with Crippen LogP contribution in [0.4, 0.5) is 17.1 Å². The average Bonchev–Trinajstić information content (AvgIpc) is 3.90. The first-order valence-corrected chi connectivity index (χ1v) is 28.8. The molecule has 0 saturated heterocycles. The molecule has 0 N–H and O–H groups in total. The van der Waals surface area contributed by atoms with Gasteiger partial charge in [0.05, 0.1) is 5.69 Å². The number of nitrogens with zero attached hydrogens (tertiary/aromatic N) is 1. The van der Waals surface area contributed by atoms with Crippen LogP contribution in [0.1, 0.15) is 109 Å². The predicted molar refractivity (Wildman–Crippen MR) is 322 cm³/mol. The van der Waals surface area contributed by atoms with Crippen LogP contribution in [-0.2, 0) is 17.3 Å². The number of hydrogen-bond donors (Lipinski definition) is 0. The molecule has 15 rings (SSSR count). The molecule has 77 heavy (non-hydrogen) atoms. The van der Waals surface area contributed by atoms with Gasteiger partial charge in [0.25, 0.3) is 0 Å². The molecule has 0 radical (unpaired) electrons. The maximum Gasteiger partial charge on any atom is 0.0540 e. The number of para-hydroxylation sites is 1. The van der Waals surface area contributed by atoms with Crippen LogP contribution in [0.15, 0.2) is 249 Å². The van der Waals surface area contributed by atoms with Crippen LogP contribution in [0.2, 0.25) is 0 Å². The first-order valence-electron chi connectivity index (χ1n) is 28.8. The molecule has 0 aliphatic heterocycles. The summed E-state index contributed by atoms with van der Waals surface area (Å²) in [6.07, 6.45) is 11.7. The van der Waals surface area contributed by atoms with Gasteiger partial charge in [0.1, 0.15) is 0 Å². The Morgan fingerprint density at radius 3 is 1.45 bits per heavy atom. The van der Waals surface area contributed by atoms with Crippen LogP contribution in [0, 0.1) is 5.92 Å². The molecule has 5 aliphatic rings. The van der Waals surface area contributed by atoms with Gasteiger partial charge in [-0.1, -0.05) is 218 Å². The highest BCUT2D eigenvalue weighted by Gasteiger charge is 2.58. The second-order valence-corrected chi connectivity index (χ2v) is 23.4. The van der Waals surface area contributed by atoms with Crippen LogP contribution in [0.3, 0.4) is 0 Å². The topological polar surface area (TPSA) is 3.24 Å². The third-order valence-electron chi connectivity index (χ3n) is 19.9. The standard InChI is InChI=1S/C76H65N/c1-3-19-52(20-4-1)53-37-39-59(40-38-53)77(73-34-18-15-26-65(73)54-21-5-2-6-22-54)60-41-42-64-56(49-60)35-36-58-51-76(72-33-17-14-31-70(72)68-29-12-9-25-63(58)68)48-44-55-43-46-75(47-45-57(50-74(75)76)62-24-8-10-27-66(62)64)71-32-16-13-30-69(71)67-28-11-7-23-61(55)67/h1-34,37-42,49,55,57-58,74H,35-36,43-48,50-51H2. The van der Waals surface area contributed by atoms with Gasteiger partial charge in [0, 0.05) is 22.4 Å². The fourth-order valence-corrected chi connectivity index (χ4v) is 16.5. The Morgan fingerprint density at radius 2 is 0.792 bits per heavy atom. The van der Waals surface area contributed by atoms with E-state index in [1.807, 2.05) is 0 Å². The SMILES string of the molecule is c1ccc(-c2ccc(N(c3ccc4c(c3)CCC3CC5(CCC6CCC7(CCC(CC75)c5ccccc5-4)c4ccccc4-c4ccccc46)c4ccccc4-c4ccccc43)c3ccccc3-c3ccccc3)cc2)cc1. The largest absolute Gasteiger partial charge is 0.310 e. The van der Waals surface area contributed by atoms with Gasteiger partial charge in [-0.3, -0.25) is 0 Å². The number of anilines is 3. The van der Waals surface area contributed by atoms with Crippen LogP contribution in [0.25, 0.3) is 55.6 Å². The smallest absolute Gasteiger partial charge is 0.0540 e. The van der Waals surface area contributed by atoms with E-state index >= 15 is 0 Å². The van der Waals surface area contributed by atoms with Crippen LogP contribution in [-0.4, -0.2) is 0 Å². The molecule has 374 valence electrons. The quantitative estimate of drug-likeness (QED) is 0.166. The van der Waals surface area contributed by atoms with E-state index in [1.54, 1.807) is 27.8 Å². The van der Waals surface area contributed by atoms with E-state index in [2.05, 4.69) is 254 Å². The van der Waals surface area contributed by atoms with Crippen molar-refractivity contribution in [1.82, 2.24) is 0 Å². The normalized spacial score (nSPS) is 22.6. The van der Waals surface area contributed by atoms with E-state index in [0.717, 1.165) is 24.9 Å². The lowest BCUT2D eigenvalue weighted by molar-refractivity contribution is 0.0399. The first-order chi connectivity index (χ1) is 38.1. The van der Waals surface area contributed by atoms with E-state index in [-0.39, 0.29) is 10.8 Å². The Labute approximate surface area is 456 Å². The first kappa shape index (κ1) is 46.3. The molecular weight excluding hydrogens is 927 g/mol. The molecule has 10 aromatic carbocycles.